The fourth-order valence-corrected chi connectivity index (χ4v) is 2.95. The van der Waals surface area contributed by atoms with E-state index in [0.717, 1.165) is 35.1 Å². The maximum Gasteiger partial charge on any atom is 0.294 e. The third-order valence-electron chi connectivity index (χ3n) is 3.54. The van der Waals surface area contributed by atoms with Crippen molar-refractivity contribution >= 4 is 34.9 Å². The van der Waals surface area contributed by atoms with Gasteiger partial charge in [0.25, 0.3) is 11.1 Å². The number of benzene rings is 1. The minimum absolute atomic E-state index is 0.197. The zero-order valence-corrected chi connectivity index (χ0v) is 14.1. The summed E-state index contributed by atoms with van der Waals surface area (Å²) in [5.74, 6) is -0.622. The molecule has 2 rings (SSSR count). The van der Waals surface area contributed by atoms with E-state index in [0.29, 0.717) is 11.4 Å². The van der Waals surface area contributed by atoms with E-state index in [9.17, 15) is 14.4 Å². The molecule has 0 unspecified atom stereocenters. The van der Waals surface area contributed by atoms with Gasteiger partial charge in [-0.3, -0.25) is 19.3 Å². The smallest absolute Gasteiger partial charge is 0.294 e. The van der Waals surface area contributed by atoms with Crippen LogP contribution in [0.3, 0.4) is 0 Å². The quantitative estimate of drug-likeness (QED) is 0.752. The molecular formula is C17H20N2O3S. The first-order valence-corrected chi connectivity index (χ1v) is 8.39. The molecule has 6 heteroatoms. The summed E-state index contributed by atoms with van der Waals surface area (Å²) in [6.07, 6.45) is 3.56. The minimum atomic E-state index is -0.402. The van der Waals surface area contributed by atoms with Gasteiger partial charge in [-0.1, -0.05) is 43.7 Å². The maximum absolute atomic E-state index is 12.3. The van der Waals surface area contributed by atoms with Gasteiger partial charge < -0.3 is 4.90 Å². The largest absolute Gasteiger partial charge is 0.344 e. The second kappa shape index (κ2) is 7.97. The van der Waals surface area contributed by atoms with Crippen molar-refractivity contribution in [2.75, 3.05) is 20.1 Å². The van der Waals surface area contributed by atoms with Gasteiger partial charge in [0, 0.05) is 13.6 Å². The number of carbonyl (C=O) groups excluding carboxylic acids is 3. The number of likely N-dealkylation sites (N-methyl/N-ethyl adjacent to an activating group) is 1. The van der Waals surface area contributed by atoms with E-state index in [1.165, 1.54) is 0 Å². The van der Waals surface area contributed by atoms with Crippen LogP contribution in [0.1, 0.15) is 25.3 Å². The molecule has 1 saturated heterocycles. The fourth-order valence-electron chi connectivity index (χ4n) is 2.11. The van der Waals surface area contributed by atoms with Crippen molar-refractivity contribution in [2.45, 2.75) is 19.8 Å². The number of hydrogen-bond acceptors (Lipinski definition) is 4. The van der Waals surface area contributed by atoms with E-state index in [2.05, 4.69) is 0 Å². The summed E-state index contributed by atoms with van der Waals surface area (Å²) >= 11 is 0.876. The molecule has 0 spiro atoms. The van der Waals surface area contributed by atoms with E-state index in [1.807, 2.05) is 37.3 Å². The van der Waals surface area contributed by atoms with Gasteiger partial charge in [-0.2, -0.15) is 0 Å². The first kappa shape index (κ1) is 17.3. The van der Waals surface area contributed by atoms with Crippen LogP contribution in [0.4, 0.5) is 4.79 Å². The van der Waals surface area contributed by atoms with Crippen LogP contribution in [0.5, 0.6) is 0 Å². The molecule has 1 heterocycles. The van der Waals surface area contributed by atoms with Gasteiger partial charge in [0.1, 0.15) is 6.54 Å². The number of unbranched alkanes of at least 4 members (excludes halogenated alkanes) is 1. The molecule has 0 saturated carbocycles. The zero-order valence-electron chi connectivity index (χ0n) is 13.3. The van der Waals surface area contributed by atoms with Crippen LogP contribution in [0.2, 0.25) is 0 Å². The maximum atomic E-state index is 12.3. The summed E-state index contributed by atoms with van der Waals surface area (Å²) < 4.78 is 0. The van der Waals surface area contributed by atoms with E-state index in [-0.39, 0.29) is 12.5 Å². The highest BCUT2D eigenvalue weighted by atomic mass is 32.2. The lowest BCUT2D eigenvalue weighted by atomic mass is 10.2. The Labute approximate surface area is 140 Å². The SMILES string of the molecule is CCCCN(C)C(=O)CN1C(=O)S/C(=C/c2ccccc2)C1=O. The summed E-state index contributed by atoms with van der Waals surface area (Å²) in [4.78, 5) is 39.4. The van der Waals surface area contributed by atoms with Crippen LogP contribution in [-0.2, 0) is 9.59 Å². The number of rotatable bonds is 6. The predicted octanol–water partition coefficient (Wildman–Crippen LogP) is 2.98. The standard InChI is InChI=1S/C17H20N2O3S/c1-3-4-10-18(2)15(20)12-19-16(21)14(23-17(19)22)11-13-8-6-5-7-9-13/h5-9,11H,3-4,10,12H2,1-2H3/b14-11+. The van der Waals surface area contributed by atoms with Crippen molar-refractivity contribution in [3.8, 4) is 0 Å². The molecule has 0 aliphatic carbocycles. The lowest BCUT2D eigenvalue weighted by molar-refractivity contribution is -0.134. The minimum Gasteiger partial charge on any atom is -0.344 e. The Morgan fingerprint density at radius 2 is 1.96 bits per heavy atom. The van der Waals surface area contributed by atoms with Gasteiger partial charge in [-0.25, -0.2) is 0 Å². The van der Waals surface area contributed by atoms with Gasteiger partial charge in [0.2, 0.25) is 5.91 Å². The molecule has 23 heavy (non-hydrogen) atoms. The third kappa shape index (κ3) is 4.45. The van der Waals surface area contributed by atoms with Crippen molar-refractivity contribution < 1.29 is 14.4 Å². The second-order valence-electron chi connectivity index (χ2n) is 5.35. The van der Waals surface area contributed by atoms with Gasteiger partial charge in [0.05, 0.1) is 4.91 Å². The lowest BCUT2D eigenvalue weighted by Gasteiger charge is -2.19. The first-order valence-electron chi connectivity index (χ1n) is 7.57. The van der Waals surface area contributed by atoms with Crippen molar-refractivity contribution in [3.63, 3.8) is 0 Å². The highest BCUT2D eigenvalue weighted by Crippen LogP contribution is 2.32. The van der Waals surface area contributed by atoms with Gasteiger partial charge in [0.15, 0.2) is 0 Å². The Morgan fingerprint density at radius 1 is 1.26 bits per heavy atom. The van der Waals surface area contributed by atoms with Crippen molar-refractivity contribution in [1.82, 2.24) is 9.80 Å². The predicted molar refractivity (Wildman–Crippen MR) is 91.7 cm³/mol. The van der Waals surface area contributed by atoms with Crippen molar-refractivity contribution in [2.24, 2.45) is 0 Å². The number of carbonyl (C=O) groups is 3. The molecule has 1 aromatic carbocycles. The molecule has 3 amide bonds. The number of thioether (sulfide) groups is 1. The Hall–Kier alpha value is -2.08. The summed E-state index contributed by atoms with van der Waals surface area (Å²) in [6, 6.07) is 9.33. The highest BCUT2D eigenvalue weighted by Gasteiger charge is 2.36. The Kier molecular flexibility index (Phi) is 5.98. The third-order valence-corrected chi connectivity index (χ3v) is 4.44. The molecule has 0 radical (unpaired) electrons. The van der Waals surface area contributed by atoms with Gasteiger partial charge >= 0.3 is 0 Å². The number of nitrogens with zero attached hydrogens (tertiary/aromatic N) is 2. The summed E-state index contributed by atoms with van der Waals surface area (Å²) in [5.41, 5.74) is 0.851. The van der Waals surface area contributed by atoms with Crippen LogP contribution < -0.4 is 0 Å². The topological polar surface area (TPSA) is 57.7 Å². The van der Waals surface area contributed by atoms with E-state index < -0.39 is 11.1 Å². The normalized spacial score (nSPS) is 16.3. The van der Waals surface area contributed by atoms with Crippen molar-refractivity contribution in [1.29, 1.82) is 0 Å². The van der Waals surface area contributed by atoms with Crippen LogP contribution >= 0.6 is 11.8 Å². The van der Waals surface area contributed by atoms with Gasteiger partial charge in [-0.15, -0.1) is 0 Å². The van der Waals surface area contributed by atoms with Crippen LogP contribution in [0, 0.1) is 0 Å². The molecule has 0 bridgehead atoms. The van der Waals surface area contributed by atoms with E-state index in [1.54, 1.807) is 18.0 Å². The molecule has 1 fully saturated rings. The molecule has 0 N–H and O–H groups in total. The second-order valence-corrected chi connectivity index (χ2v) is 6.34. The monoisotopic (exact) mass is 332 g/mol. The molecule has 0 aromatic heterocycles. The summed E-state index contributed by atoms with van der Waals surface area (Å²) in [5, 5.41) is -0.394. The van der Waals surface area contributed by atoms with E-state index in [4.69, 9.17) is 0 Å². The zero-order chi connectivity index (χ0) is 16.8. The number of hydrogen-bond donors (Lipinski definition) is 0. The molecule has 122 valence electrons. The molecule has 1 aliphatic rings. The van der Waals surface area contributed by atoms with Crippen molar-refractivity contribution in [3.05, 3.63) is 40.8 Å². The molecule has 5 nitrogen and oxygen atoms in total. The van der Waals surface area contributed by atoms with Gasteiger partial charge in [-0.05, 0) is 29.8 Å². The highest BCUT2D eigenvalue weighted by molar-refractivity contribution is 8.18. The molecular weight excluding hydrogens is 312 g/mol. The average Bonchev–Trinajstić information content (AvgIpc) is 2.81. The van der Waals surface area contributed by atoms with Crippen LogP contribution in [0.25, 0.3) is 6.08 Å². The fraction of sp³-hybridized carbons (Fsp3) is 0.353. The molecule has 0 atom stereocenters. The number of amides is 3. The Morgan fingerprint density at radius 3 is 2.61 bits per heavy atom. The Balaban J connectivity index is 2.04. The number of imide groups is 1. The summed E-state index contributed by atoms with van der Waals surface area (Å²) in [6.45, 7) is 2.48. The first-order chi connectivity index (χ1) is 11.0. The van der Waals surface area contributed by atoms with Crippen LogP contribution in [-0.4, -0.2) is 47.0 Å². The van der Waals surface area contributed by atoms with Crippen LogP contribution in [0.15, 0.2) is 35.2 Å². The molecule has 1 aromatic rings. The average molecular weight is 332 g/mol. The summed E-state index contributed by atoms with van der Waals surface area (Å²) in [7, 11) is 1.69. The Bertz CT molecular complexity index is 628. The van der Waals surface area contributed by atoms with E-state index >= 15 is 0 Å². The molecule has 1 aliphatic heterocycles. The lowest BCUT2D eigenvalue weighted by Crippen LogP contribution is -2.40.